The summed E-state index contributed by atoms with van der Waals surface area (Å²) in [6.45, 7) is 0. The largest absolute Gasteiger partial charge is 0.310 e. The Labute approximate surface area is 407 Å². The molecular weight excluding hydrogens is 845 g/mol. The van der Waals surface area contributed by atoms with E-state index < -0.39 is 10.8 Å². The number of fused-ring (bicyclic) bond motifs is 15. The van der Waals surface area contributed by atoms with E-state index in [-0.39, 0.29) is 0 Å². The van der Waals surface area contributed by atoms with Crippen LogP contribution in [0.5, 0.6) is 0 Å². The summed E-state index contributed by atoms with van der Waals surface area (Å²) in [7, 11) is 0. The maximum absolute atomic E-state index is 2.58. The van der Waals surface area contributed by atoms with Crippen molar-refractivity contribution in [1.82, 2.24) is 4.57 Å². The van der Waals surface area contributed by atoms with Gasteiger partial charge in [-0.15, -0.1) is 0 Å². The first-order chi connectivity index (χ1) is 34.8. The fraction of sp³-hybridized carbons (Fsp3) is 0.0294. The first-order valence-electron chi connectivity index (χ1n) is 24.4. The highest BCUT2D eigenvalue weighted by Gasteiger charge is 2.52. The SMILES string of the molecule is c1ccc(-c2cccc(N(c3cc4c5c(c3)c3ccccc3n5-c3ccccc3C43c4ccccc4-c4ccccc43)c3cccc4c3-c3ccccc3C4(c3ccccc3)c3ccccc3)c2)cc1. The molecule has 2 nitrogen and oxygen atoms in total. The lowest BCUT2D eigenvalue weighted by atomic mass is 9.65. The maximum Gasteiger partial charge on any atom is 0.0755 e. The molecule has 11 aromatic carbocycles. The molecule has 1 aliphatic heterocycles. The Morgan fingerprint density at radius 2 is 0.843 bits per heavy atom. The van der Waals surface area contributed by atoms with Crippen molar-refractivity contribution in [1.29, 1.82) is 0 Å². The van der Waals surface area contributed by atoms with E-state index in [1.54, 1.807) is 0 Å². The van der Waals surface area contributed by atoms with Gasteiger partial charge in [-0.1, -0.05) is 224 Å². The average Bonchev–Trinajstić information content (AvgIpc) is 4.06. The molecule has 12 aromatic rings. The van der Waals surface area contributed by atoms with E-state index in [9.17, 15) is 0 Å². The van der Waals surface area contributed by atoms with E-state index in [4.69, 9.17) is 0 Å². The van der Waals surface area contributed by atoms with Gasteiger partial charge in [-0.05, 0) is 115 Å². The number of hydrogen-bond donors (Lipinski definition) is 0. The lowest BCUT2D eigenvalue weighted by molar-refractivity contribution is 0.748. The molecule has 0 saturated carbocycles. The number of benzene rings is 11. The monoisotopic (exact) mass is 888 g/mol. The molecule has 0 bridgehead atoms. The standard InChI is InChI=1S/C68H44N2/c1-4-22-45(23-5-1)46-24-20-29-49(42-46)69(64-41-21-38-60-65(64)54-33-12-16-36-58(54)67(60,47-25-6-2-7-26-47)48-27-8-3-9-28-48)50-43-55-53-32-13-18-39-62(53)70-63-40-19-17-37-59(63)68(61(44-50)66(55)70)56-34-14-10-30-51(56)52-31-11-15-35-57(52)68/h1-44H. The summed E-state index contributed by atoms with van der Waals surface area (Å²) in [5.74, 6) is 0. The molecule has 326 valence electrons. The Hall–Kier alpha value is -8.98. The molecule has 0 amide bonds. The van der Waals surface area contributed by atoms with E-state index in [2.05, 4.69) is 276 Å². The first kappa shape index (κ1) is 39.1. The summed E-state index contributed by atoms with van der Waals surface area (Å²) in [6.07, 6.45) is 0. The molecule has 15 rings (SSSR count). The number of rotatable bonds is 6. The smallest absolute Gasteiger partial charge is 0.0755 e. The van der Waals surface area contributed by atoms with E-state index in [0.717, 1.165) is 17.1 Å². The Morgan fingerprint density at radius 3 is 1.54 bits per heavy atom. The Morgan fingerprint density at radius 1 is 0.314 bits per heavy atom. The second-order valence-corrected chi connectivity index (χ2v) is 19.1. The second kappa shape index (κ2) is 14.8. The molecule has 0 N–H and O–H groups in total. The van der Waals surface area contributed by atoms with Crippen LogP contribution >= 0.6 is 0 Å². The van der Waals surface area contributed by atoms with Crippen molar-refractivity contribution in [2.45, 2.75) is 10.8 Å². The van der Waals surface area contributed by atoms with Gasteiger partial charge in [0.1, 0.15) is 0 Å². The fourth-order valence-electron chi connectivity index (χ4n) is 13.2. The lowest BCUT2D eigenvalue weighted by Gasteiger charge is -2.40. The van der Waals surface area contributed by atoms with Crippen molar-refractivity contribution in [3.63, 3.8) is 0 Å². The van der Waals surface area contributed by atoms with Crippen molar-refractivity contribution in [3.8, 4) is 39.1 Å². The van der Waals surface area contributed by atoms with E-state index in [1.165, 1.54) is 105 Å². The maximum atomic E-state index is 2.58. The number of nitrogens with zero attached hydrogens (tertiary/aromatic N) is 2. The van der Waals surface area contributed by atoms with E-state index >= 15 is 0 Å². The zero-order chi connectivity index (χ0) is 46.0. The number of anilines is 3. The Kier molecular flexibility index (Phi) is 8.24. The predicted molar refractivity (Wildman–Crippen MR) is 289 cm³/mol. The van der Waals surface area contributed by atoms with Crippen LogP contribution in [0, 0.1) is 0 Å². The molecular formula is C68H44N2. The quantitative estimate of drug-likeness (QED) is 0.161. The van der Waals surface area contributed by atoms with Crippen LogP contribution in [-0.2, 0) is 10.8 Å². The fourth-order valence-corrected chi connectivity index (χ4v) is 13.2. The number of hydrogen-bond acceptors (Lipinski definition) is 1. The molecule has 2 aliphatic carbocycles. The van der Waals surface area contributed by atoms with Gasteiger partial charge in [-0.2, -0.15) is 0 Å². The van der Waals surface area contributed by atoms with Crippen LogP contribution in [0.3, 0.4) is 0 Å². The minimum Gasteiger partial charge on any atom is -0.310 e. The number of aromatic nitrogens is 1. The van der Waals surface area contributed by atoms with Gasteiger partial charge >= 0.3 is 0 Å². The molecule has 2 heterocycles. The highest BCUT2D eigenvalue weighted by Crippen LogP contribution is 2.63. The zero-order valence-electron chi connectivity index (χ0n) is 38.3. The van der Waals surface area contributed by atoms with E-state index in [1.807, 2.05) is 0 Å². The summed E-state index contributed by atoms with van der Waals surface area (Å²) in [5, 5.41) is 2.47. The molecule has 1 aromatic heterocycles. The highest BCUT2D eigenvalue weighted by atomic mass is 15.1. The van der Waals surface area contributed by atoms with Gasteiger partial charge in [0, 0.05) is 27.7 Å². The summed E-state index contributed by atoms with van der Waals surface area (Å²) >= 11 is 0. The van der Waals surface area contributed by atoms with Crippen LogP contribution in [0.25, 0.3) is 60.9 Å². The van der Waals surface area contributed by atoms with Crippen LogP contribution in [-0.4, -0.2) is 4.57 Å². The summed E-state index contributed by atoms with van der Waals surface area (Å²) in [5.41, 5.74) is 23.6. The summed E-state index contributed by atoms with van der Waals surface area (Å²) in [4.78, 5) is 2.58. The topological polar surface area (TPSA) is 8.17 Å². The van der Waals surface area contributed by atoms with Crippen molar-refractivity contribution < 1.29 is 0 Å². The van der Waals surface area contributed by atoms with Crippen molar-refractivity contribution in [2.24, 2.45) is 0 Å². The third-order valence-corrected chi connectivity index (χ3v) is 15.8. The molecule has 1 spiro atoms. The summed E-state index contributed by atoms with van der Waals surface area (Å²) in [6, 6.07) is 100.0. The van der Waals surface area contributed by atoms with Gasteiger partial charge in [-0.3, -0.25) is 0 Å². The first-order valence-corrected chi connectivity index (χ1v) is 24.4. The van der Waals surface area contributed by atoms with Crippen molar-refractivity contribution >= 4 is 38.9 Å². The second-order valence-electron chi connectivity index (χ2n) is 19.1. The minimum atomic E-state index is -0.596. The van der Waals surface area contributed by atoms with Gasteiger partial charge in [0.05, 0.1) is 33.2 Å². The zero-order valence-corrected chi connectivity index (χ0v) is 38.3. The molecule has 0 fully saturated rings. The molecule has 0 atom stereocenters. The molecule has 70 heavy (non-hydrogen) atoms. The van der Waals surface area contributed by atoms with Crippen LogP contribution in [0.2, 0.25) is 0 Å². The number of para-hydroxylation sites is 2. The van der Waals surface area contributed by atoms with Crippen LogP contribution in [0.4, 0.5) is 17.1 Å². The molecule has 0 unspecified atom stereocenters. The van der Waals surface area contributed by atoms with Crippen LogP contribution in [0.1, 0.15) is 44.5 Å². The third-order valence-electron chi connectivity index (χ3n) is 15.8. The van der Waals surface area contributed by atoms with Gasteiger partial charge in [0.15, 0.2) is 0 Å². The van der Waals surface area contributed by atoms with Gasteiger partial charge in [0.25, 0.3) is 0 Å². The summed E-state index contributed by atoms with van der Waals surface area (Å²) < 4.78 is 2.55. The van der Waals surface area contributed by atoms with Crippen LogP contribution < -0.4 is 4.90 Å². The highest BCUT2D eigenvalue weighted by molar-refractivity contribution is 6.15. The normalized spacial score (nSPS) is 13.9. The van der Waals surface area contributed by atoms with Crippen LogP contribution in [0.15, 0.2) is 267 Å². The predicted octanol–water partition coefficient (Wildman–Crippen LogP) is 17.0. The lowest BCUT2D eigenvalue weighted by Crippen LogP contribution is -2.33. The Bertz CT molecular complexity index is 3980. The van der Waals surface area contributed by atoms with Gasteiger partial charge in [0.2, 0.25) is 0 Å². The molecule has 0 radical (unpaired) electrons. The molecule has 0 saturated heterocycles. The molecule has 2 heteroatoms. The average molecular weight is 889 g/mol. The minimum absolute atomic E-state index is 0.559. The van der Waals surface area contributed by atoms with Crippen molar-refractivity contribution in [2.75, 3.05) is 4.90 Å². The Balaban J connectivity index is 1.10. The van der Waals surface area contributed by atoms with Gasteiger partial charge < -0.3 is 9.47 Å². The third kappa shape index (κ3) is 5.07. The van der Waals surface area contributed by atoms with Gasteiger partial charge in [-0.25, -0.2) is 0 Å². The molecule has 3 aliphatic rings. The van der Waals surface area contributed by atoms with E-state index in [0.29, 0.717) is 0 Å². The van der Waals surface area contributed by atoms with Crippen molar-refractivity contribution in [3.05, 3.63) is 311 Å².